The van der Waals surface area contributed by atoms with E-state index in [0.29, 0.717) is 31.1 Å². The van der Waals surface area contributed by atoms with Crippen molar-refractivity contribution in [3.05, 3.63) is 39.8 Å². The van der Waals surface area contributed by atoms with Crippen LogP contribution in [0, 0.1) is 13.8 Å². The molecule has 24 heavy (non-hydrogen) atoms. The van der Waals surface area contributed by atoms with Gasteiger partial charge in [0.1, 0.15) is 16.9 Å². The summed E-state index contributed by atoms with van der Waals surface area (Å²) in [4.78, 5) is 18.9. The smallest absolute Gasteiger partial charge is 0.322 e. The molecule has 2 heterocycles. The number of nitrogens with zero attached hydrogens (tertiary/aromatic N) is 2. The van der Waals surface area contributed by atoms with E-state index < -0.39 is 0 Å². The van der Waals surface area contributed by atoms with E-state index >= 15 is 0 Å². The summed E-state index contributed by atoms with van der Waals surface area (Å²) in [5, 5.41) is 5.88. The van der Waals surface area contributed by atoms with Gasteiger partial charge in [-0.25, -0.2) is 9.78 Å². The Morgan fingerprint density at radius 3 is 3.00 bits per heavy atom. The Morgan fingerprint density at radius 1 is 1.46 bits per heavy atom. The van der Waals surface area contributed by atoms with Gasteiger partial charge < -0.3 is 19.7 Å². The Morgan fingerprint density at radius 2 is 2.29 bits per heavy atom. The summed E-state index contributed by atoms with van der Waals surface area (Å²) in [5.41, 5.74) is 2.64. The number of hydrogen-bond donors (Lipinski definition) is 1. The number of morpholine rings is 1. The lowest BCUT2D eigenvalue weighted by molar-refractivity contribution is -0.0136. The predicted molar refractivity (Wildman–Crippen MR) is 93.9 cm³/mol. The van der Waals surface area contributed by atoms with Crippen LogP contribution in [0.1, 0.15) is 22.4 Å². The zero-order chi connectivity index (χ0) is 17.1. The normalized spacial score (nSPS) is 17.6. The standard InChI is InChI=1S/C17H21N3O3S/c1-11-5-4-6-13(22-3)15(11)19-17(21)20-7-8-23-14(9-20)16-18-12(2)10-24-16/h4-6,10,14H,7-9H2,1-3H3,(H,19,21). The summed E-state index contributed by atoms with van der Waals surface area (Å²) in [6.45, 7) is 5.45. The number of thiazole rings is 1. The van der Waals surface area contributed by atoms with Crippen molar-refractivity contribution >= 4 is 23.1 Å². The van der Waals surface area contributed by atoms with Crippen molar-refractivity contribution in [3.63, 3.8) is 0 Å². The van der Waals surface area contributed by atoms with Gasteiger partial charge in [-0.3, -0.25) is 0 Å². The number of methoxy groups -OCH3 is 1. The van der Waals surface area contributed by atoms with E-state index in [1.807, 2.05) is 37.4 Å². The topological polar surface area (TPSA) is 63.7 Å². The molecule has 2 amide bonds. The molecule has 3 rings (SSSR count). The van der Waals surface area contributed by atoms with Crippen molar-refractivity contribution in [1.82, 2.24) is 9.88 Å². The number of benzene rings is 1. The first-order chi connectivity index (χ1) is 11.6. The van der Waals surface area contributed by atoms with Crippen molar-refractivity contribution in [2.45, 2.75) is 20.0 Å². The Bertz CT molecular complexity index is 732. The number of ether oxygens (including phenoxy) is 2. The van der Waals surface area contributed by atoms with Crippen molar-refractivity contribution in [3.8, 4) is 5.75 Å². The highest BCUT2D eigenvalue weighted by Gasteiger charge is 2.27. The predicted octanol–water partition coefficient (Wildman–Crippen LogP) is 3.37. The largest absolute Gasteiger partial charge is 0.495 e. The Labute approximate surface area is 145 Å². The molecule has 1 aliphatic rings. The molecule has 1 fully saturated rings. The van der Waals surface area contributed by atoms with Crippen molar-refractivity contribution in [1.29, 1.82) is 0 Å². The lowest BCUT2D eigenvalue weighted by Gasteiger charge is -2.32. The molecule has 0 radical (unpaired) electrons. The number of aryl methyl sites for hydroxylation is 2. The molecule has 1 aromatic carbocycles. The van der Waals surface area contributed by atoms with Gasteiger partial charge in [0, 0.05) is 17.6 Å². The second kappa shape index (κ2) is 7.19. The van der Waals surface area contributed by atoms with E-state index in [0.717, 1.165) is 16.3 Å². The Hall–Kier alpha value is -2.12. The van der Waals surface area contributed by atoms with E-state index in [9.17, 15) is 4.79 Å². The molecular formula is C17H21N3O3S. The molecule has 0 bridgehead atoms. The molecule has 1 aliphatic heterocycles. The van der Waals surface area contributed by atoms with Crippen LogP contribution >= 0.6 is 11.3 Å². The average molecular weight is 347 g/mol. The molecule has 1 saturated heterocycles. The minimum absolute atomic E-state index is 0.149. The zero-order valence-corrected chi connectivity index (χ0v) is 14.9. The highest BCUT2D eigenvalue weighted by atomic mass is 32.1. The van der Waals surface area contributed by atoms with Crippen LogP contribution in [0.5, 0.6) is 5.75 Å². The highest BCUT2D eigenvalue weighted by molar-refractivity contribution is 7.09. The molecule has 1 aromatic heterocycles. The van der Waals surface area contributed by atoms with Gasteiger partial charge in [0.15, 0.2) is 0 Å². The number of amides is 2. The first kappa shape index (κ1) is 16.7. The number of urea groups is 1. The SMILES string of the molecule is COc1cccc(C)c1NC(=O)N1CCOC(c2nc(C)cs2)C1. The lowest BCUT2D eigenvalue weighted by atomic mass is 10.2. The number of carbonyl (C=O) groups is 1. The number of rotatable bonds is 3. The summed E-state index contributed by atoms with van der Waals surface area (Å²) < 4.78 is 11.1. The number of carbonyl (C=O) groups excluding carboxylic acids is 1. The monoisotopic (exact) mass is 347 g/mol. The molecule has 2 aromatic rings. The minimum Gasteiger partial charge on any atom is -0.495 e. The lowest BCUT2D eigenvalue weighted by Crippen LogP contribution is -2.44. The number of aromatic nitrogens is 1. The van der Waals surface area contributed by atoms with E-state index in [1.54, 1.807) is 23.3 Å². The van der Waals surface area contributed by atoms with Crippen LogP contribution in [0.15, 0.2) is 23.6 Å². The maximum absolute atomic E-state index is 12.7. The molecule has 128 valence electrons. The maximum Gasteiger partial charge on any atom is 0.322 e. The second-order valence-electron chi connectivity index (χ2n) is 5.71. The van der Waals surface area contributed by atoms with Gasteiger partial charge in [0.05, 0.1) is 25.9 Å². The molecule has 1 atom stereocenters. The third-order valence-electron chi connectivity index (χ3n) is 3.95. The van der Waals surface area contributed by atoms with Gasteiger partial charge in [-0.2, -0.15) is 0 Å². The Balaban J connectivity index is 1.71. The van der Waals surface area contributed by atoms with Crippen LogP contribution in [0.2, 0.25) is 0 Å². The van der Waals surface area contributed by atoms with Gasteiger partial charge in [0.2, 0.25) is 0 Å². The van der Waals surface area contributed by atoms with Crippen LogP contribution in [-0.2, 0) is 4.74 Å². The number of anilines is 1. The van der Waals surface area contributed by atoms with E-state index in [1.165, 1.54) is 0 Å². The van der Waals surface area contributed by atoms with Crippen molar-refractivity contribution < 1.29 is 14.3 Å². The van der Waals surface area contributed by atoms with Crippen molar-refractivity contribution in [2.75, 3.05) is 32.1 Å². The summed E-state index contributed by atoms with van der Waals surface area (Å²) >= 11 is 1.57. The molecular weight excluding hydrogens is 326 g/mol. The first-order valence-corrected chi connectivity index (χ1v) is 8.69. The van der Waals surface area contributed by atoms with Gasteiger partial charge >= 0.3 is 6.03 Å². The number of para-hydroxylation sites is 1. The van der Waals surface area contributed by atoms with Gasteiger partial charge in [-0.05, 0) is 25.5 Å². The van der Waals surface area contributed by atoms with Gasteiger partial charge in [-0.1, -0.05) is 12.1 Å². The fourth-order valence-electron chi connectivity index (χ4n) is 2.66. The van der Waals surface area contributed by atoms with Gasteiger partial charge in [-0.15, -0.1) is 11.3 Å². The third kappa shape index (κ3) is 3.52. The molecule has 0 aliphatic carbocycles. The summed E-state index contributed by atoms with van der Waals surface area (Å²) in [6, 6.07) is 5.53. The van der Waals surface area contributed by atoms with Crippen LogP contribution < -0.4 is 10.1 Å². The summed E-state index contributed by atoms with van der Waals surface area (Å²) in [5.74, 6) is 0.656. The fourth-order valence-corrected chi connectivity index (χ4v) is 3.50. The Kier molecular flexibility index (Phi) is 5.01. The summed E-state index contributed by atoms with van der Waals surface area (Å²) in [6.07, 6.45) is -0.165. The summed E-state index contributed by atoms with van der Waals surface area (Å²) in [7, 11) is 1.60. The molecule has 1 N–H and O–H groups in total. The zero-order valence-electron chi connectivity index (χ0n) is 14.0. The molecule has 7 heteroatoms. The number of hydrogen-bond acceptors (Lipinski definition) is 5. The minimum atomic E-state index is -0.165. The van der Waals surface area contributed by atoms with Crippen LogP contribution in [-0.4, -0.2) is 42.7 Å². The molecule has 0 spiro atoms. The van der Waals surface area contributed by atoms with Crippen LogP contribution in [0.25, 0.3) is 0 Å². The van der Waals surface area contributed by atoms with Crippen LogP contribution in [0.3, 0.4) is 0 Å². The van der Waals surface area contributed by atoms with Crippen LogP contribution in [0.4, 0.5) is 10.5 Å². The highest BCUT2D eigenvalue weighted by Crippen LogP contribution is 2.29. The molecule has 0 saturated carbocycles. The first-order valence-electron chi connectivity index (χ1n) is 7.81. The van der Waals surface area contributed by atoms with E-state index in [4.69, 9.17) is 9.47 Å². The van der Waals surface area contributed by atoms with Gasteiger partial charge in [0.25, 0.3) is 0 Å². The maximum atomic E-state index is 12.7. The molecule has 1 unspecified atom stereocenters. The van der Waals surface area contributed by atoms with Crippen molar-refractivity contribution in [2.24, 2.45) is 0 Å². The second-order valence-corrected chi connectivity index (χ2v) is 6.60. The molecule has 6 nitrogen and oxygen atoms in total. The van der Waals surface area contributed by atoms with E-state index in [-0.39, 0.29) is 12.1 Å². The third-order valence-corrected chi connectivity index (χ3v) is 5.01. The fraction of sp³-hybridized carbons (Fsp3) is 0.412. The number of nitrogens with one attached hydrogen (secondary N) is 1. The average Bonchev–Trinajstić information content (AvgIpc) is 3.03. The quantitative estimate of drug-likeness (QED) is 0.924. The van der Waals surface area contributed by atoms with E-state index in [2.05, 4.69) is 10.3 Å².